The molecule has 1 saturated heterocycles. The Balaban J connectivity index is 2.11. The number of carboxylic acid groups (broad SMARTS) is 1. The summed E-state index contributed by atoms with van der Waals surface area (Å²) < 4.78 is 0. The third-order valence-electron chi connectivity index (χ3n) is 3.73. The van der Waals surface area contributed by atoms with Crippen LogP contribution in [0.2, 0.25) is 0 Å². The van der Waals surface area contributed by atoms with E-state index < -0.39 is 5.97 Å². The summed E-state index contributed by atoms with van der Waals surface area (Å²) in [4.78, 5) is 10.8. The van der Waals surface area contributed by atoms with Gasteiger partial charge in [-0.25, -0.2) is 0 Å². The van der Waals surface area contributed by atoms with E-state index in [0.29, 0.717) is 5.92 Å². The van der Waals surface area contributed by atoms with E-state index >= 15 is 0 Å². The fourth-order valence-corrected chi connectivity index (χ4v) is 2.64. The third-order valence-corrected chi connectivity index (χ3v) is 3.73. The molecule has 1 aromatic carbocycles. The zero-order valence-electron chi connectivity index (χ0n) is 10.9. The van der Waals surface area contributed by atoms with Crippen LogP contribution in [0.1, 0.15) is 49.1 Å². The summed E-state index contributed by atoms with van der Waals surface area (Å²) in [5.41, 5.74) is 2.48. The van der Waals surface area contributed by atoms with Crippen LogP contribution >= 0.6 is 0 Å². The molecule has 3 heteroatoms. The Labute approximate surface area is 108 Å². The maximum atomic E-state index is 10.8. The van der Waals surface area contributed by atoms with E-state index in [-0.39, 0.29) is 12.3 Å². The van der Waals surface area contributed by atoms with Gasteiger partial charge in [-0.2, -0.15) is 0 Å². The molecule has 98 valence electrons. The number of rotatable bonds is 4. The van der Waals surface area contributed by atoms with Gasteiger partial charge in [-0.3, -0.25) is 4.79 Å². The van der Waals surface area contributed by atoms with Crippen LogP contribution in [0.3, 0.4) is 0 Å². The Morgan fingerprint density at radius 3 is 3.06 bits per heavy atom. The van der Waals surface area contributed by atoms with Crippen molar-refractivity contribution in [2.75, 3.05) is 13.1 Å². The fraction of sp³-hybridized carbons (Fsp3) is 0.533. The van der Waals surface area contributed by atoms with E-state index in [4.69, 9.17) is 5.11 Å². The Bertz CT molecular complexity index is 411. The Morgan fingerprint density at radius 1 is 1.56 bits per heavy atom. The molecular formula is C15H21NO2. The number of hydrogen-bond donors (Lipinski definition) is 2. The average Bonchev–Trinajstić information content (AvgIpc) is 2.39. The zero-order valence-corrected chi connectivity index (χ0v) is 10.9. The molecule has 2 unspecified atom stereocenters. The van der Waals surface area contributed by atoms with Gasteiger partial charge in [0, 0.05) is 6.54 Å². The second-order valence-electron chi connectivity index (χ2n) is 5.21. The smallest absolute Gasteiger partial charge is 0.303 e. The highest BCUT2D eigenvalue weighted by atomic mass is 16.4. The van der Waals surface area contributed by atoms with Crippen molar-refractivity contribution < 1.29 is 9.90 Å². The summed E-state index contributed by atoms with van der Waals surface area (Å²) in [6, 6.07) is 8.44. The van der Waals surface area contributed by atoms with E-state index in [9.17, 15) is 4.79 Å². The molecule has 1 fully saturated rings. The molecule has 0 aliphatic carbocycles. The summed E-state index contributed by atoms with van der Waals surface area (Å²) in [7, 11) is 0. The lowest BCUT2D eigenvalue weighted by Crippen LogP contribution is -2.28. The molecule has 1 heterocycles. The molecule has 0 bridgehead atoms. The molecule has 0 saturated carbocycles. The van der Waals surface area contributed by atoms with Crippen molar-refractivity contribution in [1.82, 2.24) is 5.32 Å². The van der Waals surface area contributed by atoms with Crippen molar-refractivity contribution in [2.24, 2.45) is 0 Å². The maximum Gasteiger partial charge on any atom is 0.303 e. The predicted octanol–water partition coefficient (Wildman–Crippen LogP) is 2.73. The summed E-state index contributed by atoms with van der Waals surface area (Å²) in [5, 5.41) is 12.3. The topological polar surface area (TPSA) is 49.3 Å². The second-order valence-corrected chi connectivity index (χ2v) is 5.21. The lowest BCUT2D eigenvalue weighted by Gasteiger charge is -2.24. The molecule has 1 aromatic rings. The lowest BCUT2D eigenvalue weighted by molar-refractivity contribution is -0.137. The van der Waals surface area contributed by atoms with E-state index in [1.165, 1.54) is 18.4 Å². The molecule has 2 N–H and O–H groups in total. The van der Waals surface area contributed by atoms with Crippen molar-refractivity contribution in [3.8, 4) is 0 Å². The van der Waals surface area contributed by atoms with Crippen LogP contribution in [0, 0.1) is 0 Å². The van der Waals surface area contributed by atoms with Crippen molar-refractivity contribution in [1.29, 1.82) is 0 Å². The average molecular weight is 247 g/mol. The second kappa shape index (κ2) is 6.01. The first-order chi connectivity index (χ1) is 8.66. The highest BCUT2D eigenvalue weighted by Gasteiger charge is 2.17. The molecule has 1 aliphatic heterocycles. The SMILES string of the molecule is CC(CC(=O)O)c1cccc(C2CCCNC2)c1. The minimum absolute atomic E-state index is 0.0824. The van der Waals surface area contributed by atoms with Gasteiger partial charge in [0.15, 0.2) is 0 Å². The van der Waals surface area contributed by atoms with Crippen molar-refractivity contribution in [2.45, 2.75) is 38.0 Å². The minimum Gasteiger partial charge on any atom is -0.481 e. The van der Waals surface area contributed by atoms with Crippen LogP contribution in [0.15, 0.2) is 24.3 Å². The van der Waals surface area contributed by atoms with Crippen molar-refractivity contribution >= 4 is 5.97 Å². The molecule has 0 amide bonds. The highest BCUT2D eigenvalue weighted by Crippen LogP contribution is 2.27. The van der Waals surface area contributed by atoms with Gasteiger partial charge >= 0.3 is 5.97 Å². The van der Waals surface area contributed by atoms with Gasteiger partial charge in [0.05, 0.1) is 6.42 Å². The Kier molecular flexibility index (Phi) is 4.37. The highest BCUT2D eigenvalue weighted by molar-refractivity contribution is 5.68. The van der Waals surface area contributed by atoms with Crippen LogP contribution in [-0.4, -0.2) is 24.2 Å². The van der Waals surface area contributed by atoms with Crippen LogP contribution in [0.4, 0.5) is 0 Å². The van der Waals surface area contributed by atoms with Crippen LogP contribution < -0.4 is 5.32 Å². The minimum atomic E-state index is -0.729. The lowest BCUT2D eigenvalue weighted by atomic mass is 9.88. The fourth-order valence-electron chi connectivity index (χ4n) is 2.64. The first kappa shape index (κ1) is 13.1. The van der Waals surface area contributed by atoms with Crippen molar-refractivity contribution in [3.05, 3.63) is 35.4 Å². The molecule has 0 radical (unpaired) electrons. The van der Waals surface area contributed by atoms with E-state index in [1.807, 2.05) is 13.0 Å². The molecule has 2 rings (SSSR count). The molecule has 1 aliphatic rings. The molecule has 18 heavy (non-hydrogen) atoms. The number of carbonyl (C=O) groups is 1. The van der Waals surface area contributed by atoms with Gasteiger partial charge in [-0.15, -0.1) is 0 Å². The number of piperidine rings is 1. The number of aliphatic carboxylic acids is 1. The van der Waals surface area contributed by atoms with E-state index in [1.54, 1.807) is 0 Å². The number of hydrogen-bond acceptors (Lipinski definition) is 2. The number of carboxylic acids is 1. The first-order valence-corrected chi connectivity index (χ1v) is 6.69. The molecule has 3 nitrogen and oxygen atoms in total. The molecule has 0 spiro atoms. The van der Waals surface area contributed by atoms with Gasteiger partial charge < -0.3 is 10.4 Å². The monoisotopic (exact) mass is 247 g/mol. The Morgan fingerprint density at radius 2 is 2.39 bits per heavy atom. The maximum absolute atomic E-state index is 10.8. The standard InChI is InChI=1S/C15H21NO2/c1-11(8-15(17)18)12-4-2-5-13(9-12)14-6-3-7-16-10-14/h2,4-5,9,11,14,16H,3,6-8,10H2,1H3,(H,17,18). The van der Waals surface area contributed by atoms with Gasteiger partial charge in [-0.05, 0) is 42.3 Å². The van der Waals surface area contributed by atoms with Crippen LogP contribution in [0.5, 0.6) is 0 Å². The van der Waals surface area contributed by atoms with Crippen LogP contribution in [-0.2, 0) is 4.79 Å². The van der Waals surface area contributed by atoms with Gasteiger partial charge in [0.2, 0.25) is 0 Å². The summed E-state index contributed by atoms with van der Waals surface area (Å²) in [6.07, 6.45) is 2.65. The van der Waals surface area contributed by atoms with Gasteiger partial charge in [0.1, 0.15) is 0 Å². The Hall–Kier alpha value is -1.35. The summed E-state index contributed by atoms with van der Waals surface area (Å²) >= 11 is 0. The first-order valence-electron chi connectivity index (χ1n) is 6.69. The summed E-state index contributed by atoms with van der Waals surface area (Å²) in [5.74, 6) is -0.0676. The number of benzene rings is 1. The van der Waals surface area contributed by atoms with Crippen molar-refractivity contribution in [3.63, 3.8) is 0 Å². The quantitative estimate of drug-likeness (QED) is 0.860. The largest absolute Gasteiger partial charge is 0.481 e. The van der Waals surface area contributed by atoms with Crippen LogP contribution in [0.25, 0.3) is 0 Å². The zero-order chi connectivity index (χ0) is 13.0. The van der Waals surface area contributed by atoms with E-state index in [0.717, 1.165) is 18.7 Å². The molecule has 0 aromatic heterocycles. The third kappa shape index (κ3) is 3.33. The molecular weight excluding hydrogens is 226 g/mol. The molecule has 2 atom stereocenters. The predicted molar refractivity (Wildman–Crippen MR) is 72.0 cm³/mol. The van der Waals surface area contributed by atoms with Gasteiger partial charge in [0.25, 0.3) is 0 Å². The normalized spacial score (nSPS) is 21.5. The van der Waals surface area contributed by atoms with Gasteiger partial charge in [-0.1, -0.05) is 31.2 Å². The van der Waals surface area contributed by atoms with E-state index in [2.05, 4.69) is 23.5 Å². The summed E-state index contributed by atoms with van der Waals surface area (Å²) in [6.45, 7) is 4.13. The number of nitrogens with one attached hydrogen (secondary N) is 1.